The van der Waals surface area contributed by atoms with Crippen LogP contribution in [0.3, 0.4) is 0 Å². The Morgan fingerprint density at radius 2 is 1.77 bits per heavy atom. The number of ether oxygens (including phenoxy) is 2. The molecule has 2 aromatic carbocycles. The third-order valence-electron chi connectivity index (χ3n) is 3.62. The molecular weight excluding hydrogens is 288 g/mol. The van der Waals surface area contributed by atoms with Crippen LogP contribution in [0.5, 0.6) is 28.7 Å². The van der Waals surface area contributed by atoms with Gasteiger partial charge in [-0.05, 0) is 5.56 Å². The Kier molecular flexibility index (Phi) is 3.29. The molecule has 0 amide bonds. The van der Waals surface area contributed by atoms with Crippen LogP contribution in [0.2, 0.25) is 0 Å². The van der Waals surface area contributed by atoms with Crippen LogP contribution in [-0.4, -0.2) is 28.2 Å². The van der Waals surface area contributed by atoms with Gasteiger partial charge in [0.2, 0.25) is 17.2 Å². The molecule has 1 atom stereocenters. The minimum atomic E-state index is -0.780. The molecule has 0 saturated heterocycles. The lowest BCUT2D eigenvalue weighted by Gasteiger charge is -2.27. The maximum absolute atomic E-state index is 12.4. The van der Waals surface area contributed by atoms with Gasteiger partial charge in [0, 0.05) is 0 Å². The summed E-state index contributed by atoms with van der Waals surface area (Å²) >= 11 is 0. The Morgan fingerprint density at radius 3 is 2.41 bits per heavy atom. The van der Waals surface area contributed by atoms with E-state index in [9.17, 15) is 20.1 Å². The lowest BCUT2D eigenvalue weighted by atomic mass is 9.94. The highest BCUT2D eigenvalue weighted by molar-refractivity contribution is 6.05. The zero-order valence-corrected chi connectivity index (χ0v) is 11.7. The van der Waals surface area contributed by atoms with Crippen molar-refractivity contribution in [3.63, 3.8) is 0 Å². The smallest absolute Gasteiger partial charge is 0.208 e. The molecule has 0 aromatic heterocycles. The number of methoxy groups -OCH3 is 1. The quantitative estimate of drug-likeness (QED) is 0.738. The van der Waals surface area contributed by atoms with Crippen molar-refractivity contribution in [2.45, 2.75) is 12.5 Å². The van der Waals surface area contributed by atoms with Crippen molar-refractivity contribution in [3.8, 4) is 28.7 Å². The van der Waals surface area contributed by atoms with Crippen molar-refractivity contribution in [2.75, 3.05) is 7.11 Å². The predicted octanol–water partition coefficient (Wildman–Crippen LogP) is 2.52. The Balaban J connectivity index is 2.14. The van der Waals surface area contributed by atoms with Gasteiger partial charge in [-0.15, -0.1) is 0 Å². The van der Waals surface area contributed by atoms with Crippen molar-refractivity contribution < 1.29 is 29.6 Å². The lowest BCUT2D eigenvalue weighted by Crippen LogP contribution is -2.21. The summed E-state index contributed by atoms with van der Waals surface area (Å²) in [6.07, 6.45) is -0.544. The maximum Gasteiger partial charge on any atom is 0.208 e. The van der Waals surface area contributed by atoms with Crippen LogP contribution in [0, 0.1) is 0 Å². The first kappa shape index (κ1) is 14.1. The summed E-state index contributed by atoms with van der Waals surface area (Å²) in [7, 11) is 1.25. The largest absolute Gasteiger partial charge is 0.502 e. The van der Waals surface area contributed by atoms with Gasteiger partial charge in [0.1, 0.15) is 11.7 Å². The number of phenols is 3. The highest BCUT2D eigenvalue weighted by atomic mass is 16.5. The van der Waals surface area contributed by atoms with Crippen molar-refractivity contribution >= 4 is 5.78 Å². The first-order chi connectivity index (χ1) is 10.5. The van der Waals surface area contributed by atoms with E-state index < -0.39 is 23.4 Å². The number of Topliss-reactive ketones (excluding diaryl/α,β-unsaturated/α-hetero) is 1. The molecule has 3 rings (SSSR count). The summed E-state index contributed by atoms with van der Waals surface area (Å²) in [4.78, 5) is 12.4. The first-order valence-electron chi connectivity index (χ1n) is 6.64. The molecule has 1 aliphatic rings. The average Bonchev–Trinajstić information content (AvgIpc) is 2.54. The number of carbonyl (C=O) groups is 1. The van der Waals surface area contributed by atoms with Crippen molar-refractivity contribution in [1.29, 1.82) is 0 Å². The molecule has 6 heteroatoms. The van der Waals surface area contributed by atoms with Crippen molar-refractivity contribution in [2.24, 2.45) is 0 Å². The second kappa shape index (κ2) is 5.14. The van der Waals surface area contributed by atoms with Gasteiger partial charge in [-0.25, -0.2) is 0 Å². The molecule has 1 heterocycles. The Hall–Kier alpha value is -2.89. The van der Waals surface area contributed by atoms with Gasteiger partial charge >= 0.3 is 0 Å². The van der Waals surface area contributed by atoms with Crippen LogP contribution in [0.25, 0.3) is 0 Å². The van der Waals surface area contributed by atoms with Crippen molar-refractivity contribution in [1.82, 2.24) is 0 Å². The molecule has 0 spiro atoms. The van der Waals surface area contributed by atoms with Gasteiger partial charge in [-0.1, -0.05) is 30.3 Å². The molecule has 1 aliphatic heterocycles. The van der Waals surface area contributed by atoms with E-state index >= 15 is 0 Å². The standard InChI is InChI=1S/C16H14O6/c1-21-15-11-9(17)7-10(8-5-3-2-4-6-8)22-16(11)14(20)12(18)13(15)19/h2-6,10,18-20H,7H2,1H3. The van der Waals surface area contributed by atoms with Gasteiger partial charge in [0.25, 0.3) is 0 Å². The van der Waals surface area contributed by atoms with Crippen LogP contribution in [-0.2, 0) is 0 Å². The zero-order chi connectivity index (χ0) is 15.9. The summed E-state index contributed by atoms with van der Waals surface area (Å²) < 4.78 is 10.6. The number of hydrogen-bond donors (Lipinski definition) is 3. The Bertz CT molecular complexity index is 738. The van der Waals surface area contributed by atoms with E-state index in [1.807, 2.05) is 18.2 Å². The normalized spacial score (nSPS) is 16.8. The number of phenolic OH excluding ortho intramolecular Hbond substituents is 3. The number of benzene rings is 2. The summed E-state index contributed by atoms with van der Waals surface area (Å²) in [5.41, 5.74) is 0.704. The fraction of sp³-hybridized carbons (Fsp3) is 0.188. The van der Waals surface area contributed by atoms with E-state index in [1.54, 1.807) is 12.1 Å². The molecule has 2 aromatic rings. The van der Waals surface area contributed by atoms with Gasteiger partial charge in [-0.2, -0.15) is 0 Å². The summed E-state index contributed by atoms with van der Waals surface area (Å²) in [5.74, 6) is -2.88. The van der Waals surface area contributed by atoms with Crippen LogP contribution in [0.1, 0.15) is 28.4 Å². The van der Waals surface area contributed by atoms with Crippen LogP contribution < -0.4 is 9.47 Å². The molecule has 0 bridgehead atoms. The molecule has 6 nitrogen and oxygen atoms in total. The lowest BCUT2D eigenvalue weighted by molar-refractivity contribution is 0.0833. The number of ketones is 1. The molecule has 0 saturated carbocycles. The highest BCUT2D eigenvalue weighted by Crippen LogP contribution is 2.55. The van der Waals surface area contributed by atoms with E-state index in [0.29, 0.717) is 0 Å². The van der Waals surface area contributed by atoms with E-state index in [2.05, 4.69) is 0 Å². The minimum Gasteiger partial charge on any atom is -0.502 e. The average molecular weight is 302 g/mol. The molecule has 0 fully saturated rings. The molecule has 22 heavy (non-hydrogen) atoms. The van der Waals surface area contributed by atoms with Crippen LogP contribution in [0.15, 0.2) is 30.3 Å². The van der Waals surface area contributed by atoms with Gasteiger partial charge in [-0.3, -0.25) is 4.79 Å². The van der Waals surface area contributed by atoms with Crippen LogP contribution in [0.4, 0.5) is 0 Å². The van der Waals surface area contributed by atoms with Crippen LogP contribution >= 0.6 is 0 Å². The monoisotopic (exact) mass is 302 g/mol. The third-order valence-corrected chi connectivity index (χ3v) is 3.62. The number of fused-ring (bicyclic) bond motifs is 1. The van der Waals surface area contributed by atoms with Gasteiger partial charge in [0.15, 0.2) is 17.3 Å². The Morgan fingerprint density at radius 1 is 1.09 bits per heavy atom. The third kappa shape index (κ3) is 2.00. The molecule has 0 aliphatic carbocycles. The molecule has 3 N–H and O–H groups in total. The second-order valence-electron chi connectivity index (χ2n) is 4.93. The molecule has 0 radical (unpaired) electrons. The topological polar surface area (TPSA) is 96.2 Å². The number of carbonyl (C=O) groups excluding carboxylic acids is 1. The summed E-state index contributed by atoms with van der Waals surface area (Å²) in [6, 6.07) is 9.07. The maximum atomic E-state index is 12.4. The van der Waals surface area contributed by atoms with Crippen molar-refractivity contribution in [3.05, 3.63) is 41.5 Å². The number of aromatic hydroxyl groups is 3. The first-order valence-corrected chi connectivity index (χ1v) is 6.64. The number of hydrogen-bond acceptors (Lipinski definition) is 6. The van der Waals surface area contributed by atoms with Gasteiger partial charge < -0.3 is 24.8 Å². The molecule has 1 unspecified atom stereocenters. The zero-order valence-electron chi connectivity index (χ0n) is 11.7. The van der Waals surface area contributed by atoms with E-state index in [4.69, 9.17) is 9.47 Å². The summed E-state index contributed by atoms with van der Waals surface area (Å²) in [5, 5.41) is 29.5. The fourth-order valence-corrected chi connectivity index (χ4v) is 2.54. The molecule has 114 valence electrons. The van der Waals surface area contributed by atoms with E-state index in [-0.39, 0.29) is 29.3 Å². The van der Waals surface area contributed by atoms with E-state index in [0.717, 1.165) is 5.56 Å². The summed E-state index contributed by atoms with van der Waals surface area (Å²) in [6.45, 7) is 0. The number of rotatable bonds is 2. The SMILES string of the molecule is COc1c(O)c(O)c(O)c2c1C(=O)CC(c1ccccc1)O2. The minimum absolute atomic E-state index is 0.0387. The van der Waals surface area contributed by atoms with Gasteiger partial charge in [0.05, 0.1) is 13.5 Å². The predicted molar refractivity (Wildman–Crippen MR) is 76.7 cm³/mol. The van der Waals surface area contributed by atoms with E-state index in [1.165, 1.54) is 7.11 Å². The second-order valence-corrected chi connectivity index (χ2v) is 4.93. The fourth-order valence-electron chi connectivity index (χ4n) is 2.54. The highest BCUT2D eigenvalue weighted by Gasteiger charge is 2.36. The molecular formula is C16H14O6. The Labute approximate surface area is 126 Å².